The van der Waals surface area contributed by atoms with Crippen molar-refractivity contribution in [3.05, 3.63) is 65.0 Å². The lowest BCUT2D eigenvalue weighted by Crippen LogP contribution is -2.47. The van der Waals surface area contributed by atoms with Gasteiger partial charge in [0.1, 0.15) is 24.9 Å². The number of ether oxygens (including phenoxy) is 2. The van der Waals surface area contributed by atoms with E-state index in [4.69, 9.17) is 9.47 Å². The molecule has 3 heterocycles. The van der Waals surface area contributed by atoms with Gasteiger partial charge in [0.2, 0.25) is 5.82 Å². The molecule has 3 aromatic rings. The van der Waals surface area contributed by atoms with Crippen molar-refractivity contribution in [3.63, 3.8) is 0 Å². The van der Waals surface area contributed by atoms with E-state index in [0.29, 0.717) is 37.8 Å². The van der Waals surface area contributed by atoms with Crippen LogP contribution in [0.2, 0.25) is 0 Å². The van der Waals surface area contributed by atoms with E-state index in [1.54, 1.807) is 23.7 Å². The maximum atomic E-state index is 13.6. The van der Waals surface area contributed by atoms with Gasteiger partial charge in [-0.2, -0.15) is 0 Å². The van der Waals surface area contributed by atoms with Crippen molar-refractivity contribution in [2.24, 2.45) is 0 Å². The number of aryl methyl sites for hydroxylation is 1. The zero-order chi connectivity index (χ0) is 22.6. The molecule has 2 aliphatic heterocycles. The third-order valence-corrected chi connectivity index (χ3v) is 7.07. The van der Waals surface area contributed by atoms with Crippen molar-refractivity contribution in [1.29, 1.82) is 0 Å². The summed E-state index contributed by atoms with van der Waals surface area (Å²) in [6.45, 7) is 4.01. The lowest BCUT2D eigenvalue weighted by atomic mass is 9.73. The number of carbonyl (C=O) groups excluding carboxylic acids is 1. The number of hydrogen-bond acceptors (Lipinski definition) is 5. The Morgan fingerprint density at radius 1 is 1.06 bits per heavy atom. The fraction of sp³-hybridized carbons (Fsp3) is 0.400. The van der Waals surface area contributed by atoms with Crippen molar-refractivity contribution in [3.8, 4) is 17.2 Å². The third-order valence-electron chi connectivity index (χ3n) is 7.07. The van der Waals surface area contributed by atoms with Crippen molar-refractivity contribution in [1.82, 2.24) is 19.7 Å². The Morgan fingerprint density at radius 3 is 2.48 bits per heavy atom. The highest BCUT2D eigenvalue weighted by molar-refractivity contribution is 5.91. The molecule has 0 atom stereocenters. The van der Waals surface area contributed by atoms with Crippen LogP contribution in [0.5, 0.6) is 11.5 Å². The maximum absolute atomic E-state index is 13.6. The molecule has 33 heavy (non-hydrogen) atoms. The zero-order valence-electron chi connectivity index (χ0n) is 18.5. The molecule has 1 aliphatic carbocycles. The molecule has 1 spiro atoms. The fourth-order valence-electron chi connectivity index (χ4n) is 5.54. The first-order chi connectivity index (χ1) is 16.0. The molecule has 0 radical (unpaired) electrons. The van der Waals surface area contributed by atoms with Gasteiger partial charge in [0, 0.05) is 18.5 Å². The summed E-state index contributed by atoms with van der Waals surface area (Å²) in [5.41, 5.74) is 2.98. The minimum atomic E-state index is -0.321. The van der Waals surface area contributed by atoms with Gasteiger partial charge in [0.15, 0.2) is 11.5 Å². The molecular weight excluding hydrogens is 423 g/mol. The first-order valence-electron chi connectivity index (χ1n) is 11.4. The van der Waals surface area contributed by atoms with Gasteiger partial charge in [-0.3, -0.25) is 4.79 Å². The first kappa shape index (κ1) is 20.2. The van der Waals surface area contributed by atoms with E-state index in [1.807, 2.05) is 11.0 Å². The molecule has 2 aromatic carbocycles. The van der Waals surface area contributed by atoms with Crippen LogP contribution in [0, 0.1) is 12.7 Å². The van der Waals surface area contributed by atoms with Crippen molar-refractivity contribution in [2.45, 2.75) is 44.6 Å². The number of nitrogens with zero attached hydrogens (tertiary/aromatic N) is 4. The van der Waals surface area contributed by atoms with E-state index < -0.39 is 0 Å². The summed E-state index contributed by atoms with van der Waals surface area (Å²) in [6, 6.07) is 10.2. The van der Waals surface area contributed by atoms with Gasteiger partial charge in [-0.25, -0.2) is 14.1 Å². The fourth-order valence-corrected chi connectivity index (χ4v) is 5.54. The molecule has 1 aromatic heterocycles. The average Bonchev–Trinajstić information content (AvgIpc) is 3.45. The molecule has 0 N–H and O–H groups in total. The third kappa shape index (κ3) is 3.35. The van der Waals surface area contributed by atoms with Crippen LogP contribution < -0.4 is 9.47 Å². The van der Waals surface area contributed by atoms with Crippen LogP contribution in [0.4, 0.5) is 4.39 Å². The number of rotatable bonds is 2. The standard InChI is InChI=1S/C25H25FN4O3/c1-16-27-23(28-30(16)19-6-4-18(26)5-7-19)24(31)29-14-17-12-21-22(33-11-10-32-21)13-20(17)25(15-29)8-2-3-9-25/h4-7,12-13H,2-3,8-11,14-15H2,1H3. The molecule has 7 nitrogen and oxygen atoms in total. The normalized spacial score (nSPS) is 18.4. The Labute approximate surface area is 191 Å². The van der Waals surface area contributed by atoms with E-state index >= 15 is 0 Å². The number of amides is 1. The van der Waals surface area contributed by atoms with Crippen LogP contribution in [0.3, 0.4) is 0 Å². The Hall–Kier alpha value is -3.42. The summed E-state index contributed by atoms with van der Waals surface area (Å²) < 4.78 is 26.6. The molecule has 1 fully saturated rings. The Balaban J connectivity index is 1.35. The van der Waals surface area contributed by atoms with Gasteiger partial charge in [0.25, 0.3) is 5.91 Å². The summed E-state index contributed by atoms with van der Waals surface area (Å²) in [7, 11) is 0. The molecule has 8 heteroatoms. The molecule has 6 rings (SSSR count). The zero-order valence-corrected chi connectivity index (χ0v) is 18.5. The second-order valence-corrected chi connectivity index (χ2v) is 9.17. The highest BCUT2D eigenvalue weighted by Crippen LogP contribution is 2.49. The molecule has 0 bridgehead atoms. The SMILES string of the molecule is Cc1nc(C(=O)N2Cc3cc4c(cc3C3(CCCC3)C2)OCCO4)nn1-c1ccc(F)cc1. The highest BCUT2D eigenvalue weighted by Gasteiger charge is 2.44. The van der Waals surface area contributed by atoms with E-state index in [0.717, 1.165) is 42.7 Å². The number of benzene rings is 2. The second-order valence-electron chi connectivity index (χ2n) is 9.17. The minimum Gasteiger partial charge on any atom is -0.486 e. The number of carbonyl (C=O) groups is 1. The Morgan fingerprint density at radius 2 is 1.76 bits per heavy atom. The van der Waals surface area contributed by atoms with Crippen LogP contribution in [-0.2, 0) is 12.0 Å². The largest absolute Gasteiger partial charge is 0.486 e. The minimum absolute atomic E-state index is 0.0757. The van der Waals surface area contributed by atoms with Crippen LogP contribution >= 0.6 is 0 Å². The van der Waals surface area contributed by atoms with Gasteiger partial charge < -0.3 is 14.4 Å². The maximum Gasteiger partial charge on any atom is 0.293 e. The van der Waals surface area contributed by atoms with E-state index in [1.165, 1.54) is 17.7 Å². The van der Waals surface area contributed by atoms with E-state index in [-0.39, 0.29) is 23.0 Å². The predicted molar refractivity (Wildman–Crippen MR) is 118 cm³/mol. The second kappa shape index (κ2) is 7.57. The van der Waals surface area contributed by atoms with Crippen molar-refractivity contribution < 1.29 is 18.7 Å². The molecule has 1 amide bonds. The number of fused-ring (bicyclic) bond motifs is 3. The Kier molecular flexibility index (Phi) is 4.64. The van der Waals surface area contributed by atoms with Gasteiger partial charge in [-0.1, -0.05) is 12.8 Å². The summed E-state index contributed by atoms with van der Waals surface area (Å²) in [5, 5.41) is 4.47. The molecule has 3 aliphatic rings. The number of aromatic nitrogens is 3. The van der Waals surface area contributed by atoms with Gasteiger partial charge in [-0.15, -0.1) is 5.10 Å². The summed E-state index contributed by atoms with van der Waals surface area (Å²) >= 11 is 0. The average molecular weight is 448 g/mol. The van der Waals surface area contributed by atoms with Crippen LogP contribution in [-0.4, -0.2) is 45.3 Å². The number of hydrogen-bond donors (Lipinski definition) is 0. The molecule has 0 saturated heterocycles. The molecular formula is C25H25FN4O3. The molecule has 1 saturated carbocycles. The van der Waals surface area contributed by atoms with Gasteiger partial charge in [0.05, 0.1) is 5.69 Å². The van der Waals surface area contributed by atoms with Gasteiger partial charge in [-0.05, 0) is 67.3 Å². The quantitative estimate of drug-likeness (QED) is 0.594. The van der Waals surface area contributed by atoms with E-state index in [9.17, 15) is 9.18 Å². The van der Waals surface area contributed by atoms with Gasteiger partial charge >= 0.3 is 0 Å². The van der Waals surface area contributed by atoms with E-state index in [2.05, 4.69) is 16.1 Å². The van der Waals surface area contributed by atoms with Crippen molar-refractivity contribution in [2.75, 3.05) is 19.8 Å². The first-order valence-corrected chi connectivity index (χ1v) is 11.4. The summed E-state index contributed by atoms with van der Waals surface area (Å²) in [5.74, 6) is 1.78. The smallest absolute Gasteiger partial charge is 0.293 e. The summed E-state index contributed by atoms with van der Waals surface area (Å²) in [4.78, 5) is 19.9. The van der Waals surface area contributed by atoms with Crippen LogP contribution in [0.25, 0.3) is 5.69 Å². The molecule has 170 valence electrons. The topological polar surface area (TPSA) is 69.5 Å². The van der Waals surface area contributed by atoms with Crippen LogP contribution in [0.1, 0.15) is 53.3 Å². The van der Waals surface area contributed by atoms with Crippen LogP contribution in [0.15, 0.2) is 36.4 Å². The lowest BCUT2D eigenvalue weighted by Gasteiger charge is -2.42. The summed E-state index contributed by atoms with van der Waals surface area (Å²) in [6.07, 6.45) is 4.37. The van der Waals surface area contributed by atoms with Crippen molar-refractivity contribution >= 4 is 5.91 Å². The monoisotopic (exact) mass is 448 g/mol. The lowest BCUT2D eigenvalue weighted by molar-refractivity contribution is 0.0656. The highest BCUT2D eigenvalue weighted by atomic mass is 19.1. The Bertz CT molecular complexity index is 1230. The predicted octanol–water partition coefficient (Wildman–Crippen LogP) is 3.95. The molecule has 0 unspecified atom stereocenters. The number of halogens is 1.